The number of aryl methyl sites for hydroxylation is 1. The Kier molecular flexibility index (Phi) is 7.85. The normalized spacial score (nSPS) is 15.7. The van der Waals surface area contributed by atoms with E-state index in [1.807, 2.05) is 0 Å². The topological polar surface area (TPSA) is 125 Å². The molecule has 0 radical (unpaired) electrons. The molecule has 1 aliphatic carbocycles. The lowest BCUT2D eigenvalue weighted by atomic mass is 9.94. The van der Waals surface area contributed by atoms with Crippen molar-refractivity contribution in [2.24, 2.45) is 0 Å². The number of benzene rings is 2. The van der Waals surface area contributed by atoms with E-state index in [0.29, 0.717) is 47.5 Å². The van der Waals surface area contributed by atoms with E-state index in [1.165, 1.54) is 29.2 Å². The monoisotopic (exact) mass is 574 g/mol. The fourth-order valence-corrected chi connectivity index (χ4v) is 5.37. The van der Waals surface area contributed by atoms with Crippen LogP contribution in [0.3, 0.4) is 0 Å². The first-order valence-electron chi connectivity index (χ1n) is 14.1. The average Bonchev–Trinajstić information content (AvgIpc) is 3.65. The Morgan fingerprint density at radius 2 is 1.79 bits per heavy atom. The average molecular weight is 575 g/mol. The highest BCUT2D eigenvalue weighted by molar-refractivity contribution is 6.01. The van der Waals surface area contributed by atoms with Crippen molar-refractivity contribution in [1.82, 2.24) is 25.5 Å². The summed E-state index contributed by atoms with van der Waals surface area (Å²) in [7, 11) is 0. The van der Waals surface area contributed by atoms with Crippen LogP contribution >= 0.6 is 0 Å². The van der Waals surface area contributed by atoms with Gasteiger partial charge in [-0.3, -0.25) is 14.5 Å². The first-order chi connectivity index (χ1) is 20.4. The van der Waals surface area contributed by atoms with Crippen molar-refractivity contribution < 1.29 is 27.9 Å². The zero-order valence-corrected chi connectivity index (χ0v) is 23.2. The second-order valence-electron chi connectivity index (χ2n) is 10.4. The lowest BCUT2D eigenvalue weighted by Crippen LogP contribution is -2.48. The molecule has 2 amide bonds. The summed E-state index contributed by atoms with van der Waals surface area (Å²) in [5, 5.41) is 15.5. The summed E-state index contributed by atoms with van der Waals surface area (Å²) >= 11 is 0. The molecule has 1 aliphatic heterocycles. The molecule has 1 saturated carbocycles. The van der Waals surface area contributed by atoms with Crippen LogP contribution in [0, 0.1) is 12.7 Å². The number of ether oxygens (including phenoxy) is 2. The summed E-state index contributed by atoms with van der Waals surface area (Å²) < 4.78 is 31.0. The molecule has 1 fully saturated rings. The number of carbonyl (C=O) groups excluding carboxylic acids is 2. The van der Waals surface area contributed by atoms with Crippen molar-refractivity contribution in [1.29, 1.82) is 0 Å². The van der Waals surface area contributed by atoms with Crippen molar-refractivity contribution in [3.8, 4) is 23.1 Å². The minimum atomic E-state index is -1.11. The highest BCUT2D eigenvalue weighted by Gasteiger charge is 2.35. The standard InChI is InChI=1S/C30H31FN6O5/c1-19-7-13-25(42-19)29-33-35-36(34-29)18-27(38)37(23-12-14-24-26(17-23)41-16-15-40-24)28(20-8-10-21(31)11-9-20)30(39)32-22-5-3-2-4-6-22/h7-14,17,22,28H,2-6,15-16,18H2,1H3,(H,32,39)/t28-/m0/s1. The number of halogens is 1. The van der Waals surface area contributed by atoms with Crippen LogP contribution in [-0.4, -0.2) is 51.3 Å². The van der Waals surface area contributed by atoms with Gasteiger partial charge < -0.3 is 19.2 Å². The van der Waals surface area contributed by atoms with Crippen molar-refractivity contribution in [3.05, 3.63) is 71.7 Å². The number of amides is 2. The van der Waals surface area contributed by atoms with Crippen LogP contribution in [0.25, 0.3) is 11.6 Å². The Morgan fingerprint density at radius 1 is 1.02 bits per heavy atom. The zero-order valence-electron chi connectivity index (χ0n) is 23.2. The molecule has 0 unspecified atom stereocenters. The lowest BCUT2D eigenvalue weighted by Gasteiger charge is -2.34. The maximum atomic E-state index is 14.2. The maximum Gasteiger partial charge on any atom is 0.251 e. The van der Waals surface area contributed by atoms with Crippen LogP contribution in [0.1, 0.15) is 49.5 Å². The minimum Gasteiger partial charge on any atom is -0.486 e. The van der Waals surface area contributed by atoms with Crippen LogP contribution < -0.4 is 19.7 Å². The Labute approximate surface area is 241 Å². The number of carbonyl (C=O) groups is 2. The molecular formula is C30H31FN6O5. The highest BCUT2D eigenvalue weighted by atomic mass is 19.1. The van der Waals surface area contributed by atoms with Gasteiger partial charge in [-0.15, -0.1) is 10.2 Å². The molecular weight excluding hydrogens is 543 g/mol. The number of nitrogens with one attached hydrogen (secondary N) is 1. The molecule has 2 aliphatic rings. The van der Waals surface area contributed by atoms with Crippen LogP contribution in [-0.2, 0) is 16.1 Å². The molecule has 0 saturated heterocycles. The van der Waals surface area contributed by atoms with Crippen LogP contribution in [0.4, 0.5) is 10.1 Å². The summed E-state index contributed by atoms with van der Waals surface area (Å²) in [6.45, 7) is 2.24. The summed E-state index contributed by atoms with van der Waals surface area (Å²) in [6, 6.07) is 13.0. The number of aromatic nitrogens is 4. The van der Waals surface area contributed by atoms with E-state index < -0.39 is 17.8 Å². The molecule has 0 bridgehead atoms. The molecule has 218 valence electrons. The maximum absolute atomic E-state index is 14.2. The van der Waals surface area contributed by atoms with Gasteiger partial charge in [0, 0.05) is 17.8 Å². The van der Waals surface area contributed by atoms with Gasteiger partial charge in [-0.2, -0.15) is 4.80 Å². The number of fused-ring (bicyclic) bond motifs is 1. The number of tetrazole rings is 1. The lowest BCUT2D eigenvalue weighted by molar-refractivity contribution is -0.127. The van der Waals surface area contributed by atoms with E-state index in [1.54, 1.807) is 37.3 Å². The number of hydrogen-bond donors (Lipinski definition) is 1. The Morgan fingerprint density at radius 3 is 2.52 bits per heavy atom. The van der Waals surface area contributed by atoms with Gasteiger partial charge in [0.05, 0.1) is 0 Å². The number of hydrogen-bond acceptors (Lipinski definition) is 8. The molecule has 42 heavy (non-hydrogen) atoms. The van der Waals surface area contributed by atoms with Crippen molar-refractivity contribution in [3.63, 3.8) is 0 Å². The van der Waals surface area contributed by atoms with Crippen molar-refractivity contribution >= 4 is 17.5 Å². The van der Waals surface area contributed by atoms with Gasteiger partial charge in [0.15, 0.2) is 17.3 Å². The first-order valence-corrected chi connectivity index (χ1v) is 14.1. The molecule has 11 nitrogen and oxygen atoms in total. The van der Waals surface area contributed by atoms with Gasteiger partial charge in [-0.25, -0.2) is 4.39 Å². The van der Waals surface area contributed by atoms with E-state index >= 15 is 0 Å². The number of anilines is 1. The second kappa shape index (κ2) is 12.0. The van der Waals surface area contributed by atoms with Gasteiger partial charge in [0.1, 0.15) is 37.4 Å². The summed E-state index contributed by atoms with van der Waals surface area (Å²) in [6.07, 6.45) is 4.88. The molecule has 0 spiro atoms. The molecule has 12 heteroatoms. The van der Waals surface area contributed by atoms with E-state index in [9.17, 15) is 14.0 Å². The first kappa shape index (κ1) is 27.4. The number of furan rings is 1. The Balaban J connectivity index is 1.38. The number of rotatable bonds is 8. The summed E-state index contributed by atoms with van der Waals surface area (Å²) in [4.78, 5) is 30.7. The summed E-state index contributed by atoms with van der Waals surface area (Å²) in [5.41, 5.74) is 0.852. The van der Waals surface area contributed by atoms with Gasteiger partial charge in [0.25, 0.3) is 5.91 Å². The fourth-order valence-electron chi connectivity index (χ4n) is 5.37. The van der Waals surface area contributed by atoms with Crippen LogP contribution in [0.5, 0.6) is 11.5 Å². The number of nitrogens with zero attached hydrogens (tertiary/aromatic N) is 5. The molecule has 2 aromatic carbocycles. The highest BCUT2D eigenvalue weighted by Crippen LogP contribution is 2.37. The smallest absolute Gasteiger partial charge is 0.251 e. The third-order valence-electron chi connectivity index (χ3n) is 7.41. The van der Waals surface area contributed by atoms with E-state index in [0.717, 1.165) is 36.9 Å². The molecule has 2 aromatic heterocycles. The SMILES string of the molecule is Cc1ccc(-c2nnn(CC(=O)N(c3ccc4c(c3)OCCO4)[C@H](C(=O)NC3CCCCC3)c3ccc(F)cc3)n2)o1. The van der Waals surface area contributed by atoms with Gasteiger partial charge in [-0.05, 0) is 66.9 Å². The van der Waals surface area contributed by atoms with Gasteiger partial charge in [-0.1, -0.05) is 31.4 Å². The molecule has 4 aromatic rings. The summed E-state index contributed by atoms with van der Waals surface area (Å²) in [5.74, 6) is 1.03. The minimum absolute atomic E-state index is 0.0114. The van der Waals surface area contributed by atoms with Gasteiger partial charge in [0.2, 0.25) is 11.7 Å². The molecule has 6 rings (SSSR count). The van der Waals surface area contributed by atoms with Crippen molar-refractivity contribution in [2.45, 2.75) is 57.7 Å². The molecule has 3 heterocycles. The van der Waals surface area contributed by atoms with E-state index in [-0.39, 0.29) is 24.3 Å². The second-order valence-corrected chi connectivity index (χ2v) is 10.4. The van der Waals surface area contributed by atoms with E-state index in [2.05, 4.69) is 20.7 Å². The van der Waals surface area contributed by atoms with Crippen LogP contribution in [0.15, 0.2) is 59.0 Å². The predicted octanol–water partition coefficient (Wildman–Crippen LogP) is 4.38. The Bertz CT molecular complexity index is 1560. The van der Waals surface area contributed by atoms with Crippen molar-refractivity contribution in [2.75, 3.05) is 18.1 Å². The largest absolute Gasteiger partial charge is 0.486 e. The fraction of sp³-hybridized carbons (Fsp3) is 0.367. The zero-order chi connectivity index (χ0) is 29.1. The van der Waals surface area contributed by atoms with Crippen LogP contribution in [0.2, 0.25) is 0 Å². The van der Waals surface area contributed by atoms with E-state index in [4.69, 9.17) is 13.9 Å². The molecule has 1 N–H and O–H groups in total. The Hall–Kier alpha value is -4.74. The molecule has 1 atom stereocenters. The predicted molar refractivity (Wildman–Crippen MR) is 149 cm³/mol. The van der Waals surface area contributed by atoms with Gasteiger partial charge >= 0.3 is 0 Å². The quantitative estimate of drug-likeness (QED) is 0.329. The third-order valence-corrected chi connectivity index (χ3v) is 7.41. The third kappa shape index (κ3) is 5.97.